The maximum atomic E-state index is 13.1. The zero-order valence-electron chi connectivity index (χ0n) is 15.8. The highest BCUT2D eigenvalue weighted by atomic mass is 35.5. The normalized spacial score (nSPS) is 17.5. The van der Waals surface area contributed by atoms with Gasteiger partial charge in [-0.25, -0.2) is 18.4 Å². The van der Waals surface area contributed by atoms with E-state index in [2.05, 4.69) is 21.5 Å². The monoisotopic (exact) mass is 450 g/mol. The first-order valence-corrected chi connectivity index (χ1v) is 11.6. The number of para-hydroxylation sites is 2. The highest BCUT2D eigenvalue weighted by Crippen LogP contribution is 2.32. The van der Waals surface area contributed by atoms with Crippen molar-refractivity contribution in [2.75, 3.05) is 22.7 Å². The summed E-state index contributed by atoms with van der Waals surface area (Å²) in [6.45, 7) is 3.76. The summed E-state index contributed by atoms with van der Waals surface area (Å²) >= 11 is 12.1. The average Bonchev–Trinajstić information content (AvgIpc) is 2.69. The second-order valence-electron chi connectivity index (χ2n) is 7.26. The van der Waals surface area contributed by atoms with Gasteiger partial charge in [-0.15, -0.1) is 0 Å². The number of sulfonamides is 1. The van der Waals surface area contributed by atoms with Gasteiger partial charge in [0.1, 0.15) is 4.90 Å². The Kier molecular flexibility index (Phi) is 5.55. The lowest BCUT2D eigenvalue weighted by Crippen LogP contribution is -2.35. The molecule has 152 valence electrons. The first-order chi connectivity index (χ1) is 13.8. The van der Waals surface area contributed by atoms with Gasteiger partial charge in [-0.1, -0.05) is 42.3 Å². The van der Waals surface area contributed by atoms with Gasteiger partial charge in [0.25, 0.3) is 10.0 Å². The summed E-state index contributed by atoms with van der Waals surface area (Å²) < 4.78 is 28.7. The van der Waals surface area contributed by atoms with Crippen LogP contribution in [0.25, 0.3) is 11.0 Å². The first kappa shape index (κ1) is 20.2. The molecule has 9 heteroatoms. The Hall–Kier alpha value is -2.09. The quantitative estimate of drug-likeness (QED) is 0.606. The molecule has 2 aromatic carbocycles. The van der Waals surface area contributed by atoms with Gasteiger partial charge in [0, 0.05) is 18.1 Å². The Bertz CT molecular complexity index is 1170. The number of nitrogens with zero attached hydrogens (tertiary/aromatic N) is 3. The van der Waals surface area contributed by atoms with Crippen molar-refractivity contribution in [3.05, 3.63) is 52.5 Å². The molecule has 1 aromatic heterocycles. The molecule has 3 aromatic rings. The van der Waals surface area contributed by atoms with Crippen LogP contribution in [0.5, 0.6) is 0 Å². The maximum Gasteiger partial charge on any atom is 0.264 e. The minimum absolute atomic E-state index is 0.0868. The Balaban J connectivity index is 1.81. The van der Waals surface area contributed by atoms with Crippen LogP contribution in [0.3, 0.4) is 0 Å². The molecule has 1 saturated heterocycles. The van der Waals surface area contributed by atoms with Crippen LogP contribution in [-0.2, 0) is 10.0 Å². The fourth-order valence-electron chi connectivity index (χ4n) is 3.53. The highest BCUT2D eigenvalue weighted by molar-refractivity contribution is 7.92. The predicted molar refractivity (Wildman–Crippen MR) is 117 cm³/mol. The van der Waals surface area contributed by atoms with Gasteiger partial charge in [-0.05, 0) is 49.1 Å². The molecule has 1 atom stereocenters. The zero-order chi connectivity index (χ0) is 20.6. The van der Waals surface area contributed by atoms with Crippen molar-refractivity contribution < 1.29 is 8.42 Å². The number of aromatic nitrogens is 2. The summed E-state index contributed by atoms with van der Waals surface area (Å²) in [5, 5.41) is 0.369. The van der Waals surface area contributed by atoms with Crippen molar-refractivity contribution in [1.82, 2.24) is 9.97 Å². The third-order valence-electron chi connectivity index (χ3n) is 4.92. The molecule has 1 N–H and O–H groups in total. The molecule has 0 saturated carbocycles. The van der Waals surface area contributed by atoms with Crippen molar-refractivity contribution in [1.29, 1.82) is 0 Å². The molecule has 4 rings (SSSR count). The summed E-state index contributed by atoms with van der Waals surface area (Å²) in [5.41, 5.74) is 1.32. The van der Waals surface area contributed by atoms with Crippen LogP contribution in [-0.4, -0.2) is 31.5 Å². The van der Waals surface area contributed by atoms with E-state index in [0.29, 0.717) is 22.8 Å². The summed E-state index contributed by atoms with van der Waals surface area (Å²) in [6, 6.07) is 11.7. The largest absolute Gasteiger partial charge is 0.353 e. The summed E-state index contributed by atoms with van der Waals surface area (Å²) in [6.07, 6.45) is 2.15. The van der Waals surface area contributed by atoms with Crippen molar-refractivity contribution in [2.24, 2.45) is 5.92 Å². The van der Waals surface area contributed by atoms with Crippen LogP contribution in [0.15, 0.2) is 47.4 Å². The smallest absolute Gasteiger partial charge is 0.264 e. The number of piperidine rings is 1. The number of hydrogen-bond acceptors (Lipinski definition) is 5. The molecule has 29 heavy (non-hydrogen) atoms. The van der Waals surface area contributed by atoms with E-state index < -0.39 is 10.0 Å². The Morgan fingerprint density at radius 2 is 1.83 bits per heavy atom. The van der Waals surface area contributed by atoms with Gasteiger partial charge in [-0.2, -0.15) is 0 Å². The predicted octanol–water partition coefficient (Wildman–Crippen LogP) is 4.97. The third-order valence-corrected chi connectivity index (χ3v) is 6.98. The van der Waals surface area contributed by atoms with E-state index in [1.54, 1.807) is 12.1 Å². The lowest BCUT2D eigenvalue weighted by molar-refractivity contribution is 0.445. The maximum absolute atomic E-state index is 13.1. The number of halogens is 2. The van der Waals surface area contributed by atoms with Gasteiger partial charge in [0.05, 0.1) is 16.1 Å². The number of anilines is 2. The molecule has 0 spiro atoms. The van der Waals surface area contributed by atoms with Crippen molar-refractivity contribution in [3.8, 4) is 0 Å². The van der Waals surface area contributed by atoms with Gasteiger partial charge in [-0.3, -0.25) is 4.72 Å². The van der Waals surface area contributed by atoms with Crippen LogP contribution < -0.4 is 9.62 Å². The second kappa shape index (κ2) is 7.97. The van der Waals surface area contributed by atoms with Crippen molar-refractivity contribution in [3.63, 3.8) is 0 Å². The van der Waals surface area contributed by atoms with Crippen LogP contribution >= 0.6 is 23.2 Å². The third kappa shape index (κ3) is 4.27. The summed E-state index contributed by atoms with van der Waals surface area (Å²) in [5.74, 6) is 1.20. The fourth-order valence-corrected chi connectivity index (χ4v) is 5.29. The van der Waals surface area contributed by atoms with Crippen molar-refractivity contribution in [2.45, 2.75) is 24.7 Å². The van der Waals surface area contributed by atoms with E-state index in [1.807, 2.05) is 18.2 Å². The lowest BCUT2D eigenvalue weighted by Gasteiger charge is -2.32. The standard InChI is InChI=1S/C20H20Cl2N4O2S/c1-13-5-4-10-26(12-13)20-19(23-16-6-2-3-7-17(16)24-20)25-29(27,28)18-11-14(21)8-9-15(18)22/h2-3,6-9,11,13H,4-5,10,12H2,1H3,(H,23,25). The Morgan fingerprint density at radius 3 is 2.55 bits per heavy atom. The number of rotatable bonds is 4. The number of benzene rings is 2. The molecule has 0 radical (unpaired) electrons. The topological polar surface area (TPSA) is 75.2 Å². The summed E-state index contributed by atoms with van der Waals surface area (Å²) in [4.78, 5) is 11.3. The van der Waals surface area contributed by atoms with Crippen LogP contribution in [0.4, 0.5) is 11.6 Å². The van der Waals surface area contributed by atoms with Crippen LogP contribution in [0.1, 0.15) is 19.8 Å². The van der Waals surface area contributed by atoms with Crippen LogP contribution in [0.2, 0.25) is 10.0 Å². The van der Waals surface area contributed by atoms with Gasteiger partial charge >= 0.3 is 0 Å². The Morgan fingerprint density at radius 1 is 1.10 bits per heavy atom. The molecule has 1 unspecified atom stereocenters. The van der Waals surface area contributed by atoms with E-state index >= 15 is 0 Å². The molecule has 1 aliphatic heterocycles. The first-order valence-electron chi connectivity index (χ1n) is 9.33. The molecule has 0 amide bonds. The SMILES string of the molecule is CC1CCCN(c2nc3ccccc3nc2NS(=O)(=O)c2cc(Cl)ccc2Cl)C1. The molecule has 6 nitrogen and oxygen atoms in total. The Labute approximate surface area is 179 Å². The lowest BCUT2D eigenvalue weighted by atomic mass is 10.0. The minimum Gasteiger partial charge on any atom is -0.353 e. The molecule has 0 aliphatic carbocycles. The molecule has 1 aliphatic rings. The van der Waals surface area contributed by atoms with E-state index in [0.717, 1.165) is 25.9 Å². The fraction of sp³-hybridized carbons (Fsp3) is 0.300. The second-order valence-corrected chi connectivity index (χ2v) is 9.75. The molecule has 0 bridgehead atoms. The van der Waals surface area contributed by atoms with Crippen molar-refractivity contribution >= 4 is 55.9 Å². The number of fused-ring (bicyclic) bond motifs is 1. The van der Waals surface area contributed by atoms with E-state index in [1.165, 1.54) is 12.1 Å². The molecular formula is C20H20Cl2N4O2S. The molecule has 1 fully saturated rings. The summed E-state index contributed by atoms with van der Waals surface area (Å²) in [7, 11) is -4.01. The van der Waals surface area contributed by atoms with Crippen LogP contribution in [0, 0.1) is 5.92 Å². The molecule has 2 heterocycles. The number of nitrogens with one attached hydrogen (secondary N) is 1. The number of hydrogen-bond donors (Lipinski definition) is 1. The minimum atomic E-state index is -4.01. The van der Waals surface area contributed by atoms with Gasteiger partial charge < -0.3 is 4.90 Å². The van der Waals surface area contributed by atoms with E-state index in [4.69, 9.17) is 28.2 Å². The molecular weight excluding hydrogens is 431 g/mol. The van der Waals surface area contributed by atoms with E-state index in [-0.39, 0.29) is 20.8 Å². The highest BCUT2D eigenvalue weighted by Gasteiger charge is 2.26. The van der Waals surface area contributed by atoms with Gasteiger partial charge in [0.2, 0.25) is 0 Å². The zero-order valence-corrected chi connectivity index (χ0v) is 18.1. The average molecular weight is 451 g/mol. The van der Waals surface area contributed by atoms with E-state index in [9.17, 15) is 8.42 Å². The van der Waals surface area contributed by atoms with Gasteiger partial charge in [0.15, 0.2) is 11.6 Å².